The van der Waals surface area contributed by atoms with Crippen LogP contribution in [0, 0.1) is 35.3 Å². The fourth-order valence-electron chi connectivity index (χ4n) is 1.35. The van der Waals surface area contributed by atoms with Gasteiger partial charge in [-0.3, -0.25) is 10.1 Å². The number of hydrogen-bond acceptors (Lipinski definition) is 7. The maximum Gasteiger partial charge on any atom is 0.319 e. The summed E-state index contributed by atoms with van der Waals surface area (Å²) >= 11 is 2.56. The van der Waals surface area contributed by atoms with E-state index in [-0.39, 0.29) is 16.3 Å². The van der Waals surface area contributed by atoms with Gasteiger partial charge in [-0.1, -0.05) is 0 Å². The molecule has 0 radical (unpaired) electrons. The average molecular weight is 292 g/mol. The van der Waals surface area contributed by atoms with Gasteiger partial charge in [0.15, 0.2) is 9.37 Å². The zero-order chi connectivity index (χ0) is 14.0. The van der Waals surface area contributed by atoms with Crippen LogP contribution >= 0.6 is 23.1 Å². The molecule has 6 nitrogen and oxygen atoms in total. The van der Waals surface area contributed by atoms with E-state index in [2.05, 4.69) is 9.97 Å². The fourth-order valence-corrected chi connectivity index (χ4v) is 3.50. The van der Waals surface area contributed by atoms with Crippen molar-refractivity contribution < 1.29 is 4.92 Å². The first-order chi connectivity index (χ1) is 9.02. The fraction of sp³-hybridized carbons (Fsp3) is 0.182. The molecule has 0 atom stereocenters. The van der Waals surface area contributed by atoms with Crippen molar-refractivity contribution >= 4 is 28.8 Å². The van der Waals surface area contributed by atoms with Crippen LogP contribution in [0.3, 0.4) is 0 Å². The third kappa shape index (κ3) is 2.72. The van der Waals surface area contributed by atoms with Crippen LogP contribution in [0.15, 0.2) is 21.6 Å². The van der Waals surface area contributed by atoms with Gasteiger partial charge in [-0.25, -0.2) is 9.97 Å². The summed E-state index contributed by atoms with van der Waals surface area (Å²) < 4.78 is 0.681. The minimum Gasteiger partial charge on any atom is -0.258 e. The van der Waals surface area contributed by atoms with Crippen LogP contribution in [0.1, 0.15) is 16.1 Å². The summed E-state index contributed by atoms with van der Waals surface area (Å²) in [5.41, 5.74) is 0.639. The Hall–Kier alpha value is -1.98. The molecule has 8 heteroatoms. The Morgan fingerprint density at radius 3 is 2.79 bits per heavy atom. The molecule has 0 bridgehead atoms. The van der Waals surface area contributed by atoms with Crippen molar-refractivity contribution in [3.05, 3.63) is 38.5 Å². The highest BCUT2D eigenvalue weighted by molar-refractivity contribution is 8.01. The normalized spacial score (nSPS) is 10.2. The molecular formula is C11H8N4O2S2. The van der Waals surface area contributed by atoms with E-state index in [0.29, 0.717) is 4.34 Å². The SMILES string of the molecule is Cc1nc(Sc2nccc(C#N)c2[N+](=O)[O-])sc1C. The summed E-state index contributed by atoms with van der Waals surface area (Å²) in [5.74, 6) is 0. The van der Waals surface area contributed by atoms with E-state index >= 15 is 0 Å². The lowest BCUT2D eigenvalue weighted by Crippen LogP contribution is -1.96. The molecule has 0 aromatic carbocycles. The van der Waals surface area contributed by atoms with Crippen LogP contribution in [0.25, 0.3) is 0 Å². The second-order valence-electron chi connectivity index (χ2n) is 3.60. The Morgan fingerprint density at radius 1 is 1.53 bits per heavy atom. The smallest absolute Gasteiger partial charge is 0.258 e. The van der Waals surface area contributed by atoms with Gasteiger partial charge in [-0.2, -0.15) is 5.26 Å². The summed E-state index contributed by atoms with van der Waals surface area (Å²) in [6.45, 7) is 3.81. The molecule has 0 unspecified atom stereocenters. The van der Waals surface area contributed by atoms with Gasteiger partial charge >= 0.3 is 5.69 Å². The molecule has 0 amide bonds. The van der Waals surface area contributed by atoms with E-state index in [0.717, 1.165) is 22.3 Å². The van der Waals surface area contributed by atoms with Crippen LogP contribution in [-0.2, 0) is 0 Å². The van der Waals surface area contributed by atoms with E-state index in [1.165, 1.54) is 23.6 Å². The van der Waals surface area contributed by atoms with Crippen molar-refractivity contribution in [3.8, 4) is 6.07 Å². The molecule has 0 saturated heterocycles. The number of nitro groups is 1. The molecule has 2 heterocycles. The summed E-state index contributed by atoms with van der Waals surface area (Å²) in [7, 11) is 0. The molecule has 2 aromatic heterocycles. The maximum atomic E-state index is 11.0. The molecule has 19 heavy (non-hydrogen) atoms. The second-order valence-corrected chi connectivity index (χ2v) is 6.04. The number of nitrogens with zero attached hydrogens (tertiary/aromatic N) is 4. The van der Waals surface area contributed by atoms with Gasteiger partial charge in [0.2, 0.25) is 0 Å². The van der Waals surface area contributed by atoms with E-state index in [1.807, 2.05) is 19.9 Å². The van der Waals surface area contributed by atoms with Gasteiger partial charge in [0.1, 0.15) is 11.6 Å². The van der Waals surface area contributed by atoms with Crippen LogP contribution in [-0.4, -0.2) is 14.9 Å². The highest BCUT2D eigenvalue weighted by Gasteiger charge is 2.23. The van der Waals surface area contributed by atoms with Crippen LogP contribution < -0.4 is 0 Å². The van der Waals surface area contributed by atoms with E-state index in [9.17, 15) is 10.1 Å². The average Bonchev–Trinajstić information content (AvgIpc) is 2.67. The van der Waals surface area contributed by atoms with Crippen molar-refractivity contribution in [2.24, 2.45) is 0 Å². The Labute approximate surface area is 117 Å². The van der Waals surface area contributed by atoms with Crippen molar-refractivity contribution in [3.63, 3.8) is 0 Å². The lowest BCUT2D eigenvalue weighted by atomic mass is 10.2. The van der Waals surface area contributed by atoms with Crippen molar-refractivity contribution in [2.75, 3.05) is 0 Å². The first kappa shape index (κ1) is 13.5. The number of aromatic nitrogens is 2. The van der Waals surface area contributed by atoms with E-state index < -0.39 is 4.92 Å². The molecule has 96 valence electrons. The highest BCUT2D eigenvalue weighted by Crippen LogP contribution is 2.37. The third-order valence-corrected chi connectivity index (χ3v) is 4.51. The van der Waals surface area contributed by atoms with Crippen molar-refractivity contribution in [1.82, 2.24) is 9.97 Å². The van der Waals surface area contributed by atoms with Gasteiger partial charge < -0.3 is 0 Å². The number of hydrogen-bond donors (Lipinski definition) is 0. The molecule has 0 aliphatic carbocycles. The van der Waals surface area contributed by atoms with Gasteiger partial charge in [0.25, 0.3) is 0 Å². The van der Waals surface area contributed by atoms with Crippen LogP contribution in [0.4, 0.5) is 5.69 Å². The Kier molecular flexibility index (Phi) is 3.78. The van der Waals surface area contributed by atoms with Crippen molar-refractivity contribution in [1.29, 1.82) is 5.26 Å². The number of nitriles is 1. The van der Waals surface area contributed by atoms with Crippen LogP contribution in [0.2, 0.25) is 0 Å². The third-order valence-electron chi connectivity index (χ3n) is 2.39. The zero-order valence-corrected chi connectivity index (χ0v) is 11.7. The van der Waals surface area contributed by atoms with Crippen LogP contribution in [0.5, 0.6) is 0 Å². The number of aryl methyl sites for hydroxylation is 2. The Morgan fingerprint density at radius 2 is 2.26 bits per heavy atom. The summed E-state index contributed by atoms with van der Waals surface area (Å²) in [4.78, 5) is 19.8. The molecule has 0 fully saturated rings. The number of pyridine rings is 1. The van der Waals surface area contributed by atoms with E-state index in [4.69, 9.17) is 5.26 Å². The first-order valence-corrected chi connectivity index (χ1v) is 6.81. The minimum atomic E-state index is -0.582. The predicted molar refractivity (Wildman–Crippen MR) is 71.3 cm³/mol. The van der Waals surface area contributed by atoms with Gasteiger partial charge in [0, 0.05) is 11.1 Å². The monoisotopic (exact) mass is 292 g/mol. The van der Waals surface area contributed by atoms with E-state index in [1.54, 1.807) is 0 Å². The lowest BCUT2D eigenvalue weighted by Gasteiger charge is -2.00. The summed E-state index contributed by atoms with van der Waals surface area (Å²) in [5, 5.41) is 20.1. The minimum absolute atomic E-state index is 0.00694. The lowest BCUT2D eigenvalue weighted by molar-refractivity contribution is -0.388. The molecule has 2 rings (SSSR count). The number of rotatable bonds is 3. The van der Waals surface area contributed by atoms with Gasteiger partial charge in [-0.15, -0.1) is 11.3 Å². The Bertz CT molecular complexity index is 671. The molecule has 0 spiro atoms. The second kappa shape index (κ2) is 5.34. The zero-order valence-electron chi connectivity index (χ0n) is 10.1. The Balaban J connectivity index is 2.46. The quantitative estimate of drug-likeness (QED) is 0.637. The topological polar surface area (TPSA) is 92.7 Å². The molecule has 0 aliphatic heterocycles. The van der Waals surface area contributed by atoms with Gasteiger partial charge in [-0.05, 0) is 31.7 Å². The first-order valence-electron chi connectivity index (χ1n) is 5.18. The molecular weight excluding hydrogens is 284 g/mol. The highest BCUT2D eigenvalue weighted by atomic mass is 32.2. The van der Waals surface area contributed by atoms with Gasteiger partial charge in [0.05, 0.1) is 10.6 Å². The standard InChI is InChI=1S/C11H8N4O2S2/c1-6-7(2)18-11(14-6)19-10-9(15(16)17)8(5-12)3-4-13-10/h3-4H,1-2H3. The largest absolute Gasteiger partial charge is 0.319 e. The molecule has 0 saturated carbocycles. The summed E-state index contributed by atoms with van der Waals surface area (Å²) in [6, 6.07) is 3.14. The summed E-state index contributed by atoms with van der Waals surface area (Å²) in [6.07, 6.45) is 1.39. The molecule has 2 aromatic rings. The number of thiazole rings is 1. The molecule has 0 N–H and O–H groups in total. The molecule has 0 aliphatic rings. The maximum absolute atomic E-state index is 11.0. The predicted octanol–water partition coefficient (Wildman–Crippen LogP) is 3.09. The van der Waals surface area contributed by atoms with Crippen molar-refractivity contribution in [2.45, 2.75) is 23.2 Å².